The molecular formula is C44H54F2N2O4. The van der Waals surface area contributed by atoms with Crippen molar-refractivity contribution in [1.82, 2.24) is 9.80 Å². The maximum Gasteiger partial charge on any atom is 0.410 e. The van der Waals surface area contributed by atoms with E-state index in [9.17, 15) is 4.79 Å². The highest BCUT2D eigenvalue weighted by Crippen LogP contribution is 2.35. The van der Waals surface area contributed by atoms with Gasteiger partial charge < -0.3 is 19.1 Å². The van der Waals surface area contributed by atoms with E-state index >= 15 is 8.78 Å². The van der Waals surface area contributed by atoms with Crippen molar-refractivity contribution in [3.63, 3.8) is 0 Å². The van der Waals surface area contributed by atoms with Gasteiger partial charge in [0.25, 0.3) is 0 Å². The smallest absolute Gasteiger partial charge is 0.410 e. The zero-order valence-electron chi connectivity index (χ0n) is 31.2. The summed E-state index contributed by atoms with van der Waals surface area (Å²) in [6, 6.07) is 32.8. The van der Waals surface area contributed by atoms with Crippen molar-refractivity contribution in [1.29, 1.82) is 0 Å². The Morgan fingerprint density at radius 1 is 0.846 bits per heavy atom. The van der Waals surface area contributed by atoms with Crippen molar-refractivity contribution in [2.75, 3.05) is 13.2 Å². The maximum absolute atomic E-state index is 15.1. The molecule has 0 spiro atoms. The minimum atomic E-state index is -0.781. The van der Waals surface area contributed by atoms with Gasteiger partial charge in [-0.15, -0.1) is 0 Å². The minimum absolute atomic E-state index is 0.128. The summed E-state index contributed by atoms with van der Waals surface area (Å²) in [7, 11) is 0. The number of carbonyl (C=O) groups is 1. The Kier molecular flexibility index (Phi) is 14.0. The lowest BCUT2D eigenvalue weighted by molar-refractivity contribution is -0.0930. The lowest BCUT2D eigenvalue weighted by Crippen LogP contribution is -2.56. The number of ether oxygens (including phenoxy) is 3. The van der Waals surface area contributed by atoms with Crippen molar-refractivity contribution in [2.24, 2.45) is 5.92 Å². The van der Waals surface area contributed by atoms with Crippen LogP contribution >= 0.6 is 0 Å². The molecule has 4 aromatic rings. The standard InChI is InChI=1S/C44H54F2N2O4/c1-32(2)21-22-40-29-48(43(49)52-44(3,4)5)39(31-50-40)26-41(47(27-33-15-9-6-10-16-33)28-34-17-11-7-12-18-34)42(36-23-37(45)25-38(46)24-36)51-30-35-19-13-8-14-20-35/h6-20,23-25,32,39-42H,21-22,26-31H2,1-5H3. The summed E-state index contributed by atoms with van der Waals surface area (Å²) in [6.45, 7) is 11.9. The Morgan fingerprint density at radius 2 is 1.38 bits per heavy atom. The molecule has 0 bridgehead atoms. The van der Waals surface area contributed by atoms with Crippen LogP contribution in [0.1, 0.15) is 82.2 Å². The van der Waals surface area contributed by atoms with Crippen molar-refractivity contribution < 1.29 is 27.8 Å². The van der Waals surface area contributed by atoms with Gasteiger partial charge in [0.1, 0.15) is 17.2 Å². The molecule has 1 aliphatic rings. The first-order valence-electron chi connectivity index (χ1n) is 18.5. The molecule has 4 atom stereocenters. The highest BCUT2D eigenvalue weighted by Gasteiger charge is 2.40. The molecule has 1 amide bonds. The summed E-state index contributed by atoms with van der Waals surface area (Å²) in [5.41, 5.74) is 2.78. The van der Waals surface area contributed by atoms with Gasteiger partial charge in [0.05, 0.1) is 38.0 Å². The average Bonchev–Trinajstić information content (AvgIpc) is 3.10. The average molecular weight is 713 g/mol. The second-order valence-electron chi connectivity index (χ2n) is 15.3. The van der Waals surface area contributed by atoms with Gasteiger partial charge in [0.15, 0.2) is 0 Å². The van der Waals surface area contributed by atoms with Gasteiger partial charge in [0.2, 0.25) is 0 Å². The van der Waals surface area contributed by atoms with Gasteiger partial charge in [0, 0.05) is 25.2 Å². The number of rotatable bonds is 15. The fourth-order valence-corrected chi connectivity index (χ4v) is 6.79. The molecule has 1 saturated heterocycles. The predicted octanol–water partition coefficient (Wildman–Crippen LogP) is 10.1. The number of carbonyl (C=O) groups excluding carboxylic acids is 1. The summed E-state index contributed by atoms with van der Waals surface area (Å²) in [6.07, 6.45) is 0.891. The molecule has 0 radical (unpaired) electrons. The highest BCUT2D eigenvalue weighted by molar-refractivity contribution is 5.68. The first-order chi connectivity index (χ1) is 24.9. The SMILES string of the molecule is CC(C)CCC1CN(C(=O)OC(C)(C)C)C(CC(C(OCc2ccccc2)c2cc(F)cc(F)c2)N(Cc2ccccc2)Cc2ccccc2)CO1. The highest BCUT2D eigenvalue weighted by atomic mass is 19.1. The van der Waals surface area contributed by atoms with Gasteiger partial charge in [-0.1, -0.05) is 105 Å². The van der Waals surface area contributed by atoms with Crippen molar-refractivity contribution >= 4 is 6.09 Å². The molecule has 52 heavy (non-hydrogen) atoms. The van der Waals surface area contributed by atoms with Crippen molar-refractivity contribution in [3.05, 3.63) is 143 Å². The number of amides is 1. The van der Waals surface area contributed by atoms with Crippen LogP contribution in [-0.2, 0) is 33.9 Å². The summed E-state index contributed by atoms with van der Waals surface area (Å²) in [5.74, 6) is -0.854. The van der Waals surface area contributed by atoms with E-state index < -0.39 is 41.5 Å². The molecule has 5 rings (SSSR count). The Balaban J connectivity index is 1.60. The molecule has 1 aliphatic heterocycles. The zero-order valence-corrected chi connectivity index (χ0v) is 31.2. The molecule has 4 unspecified atom stereocenters. The molecule has 0 saturated carbocycles. The van der Waals surface area contributed by atoms with E-state index in [1.807, 2.05) is 92.4 Å². The predicted molar refractivity (Wildman–Crippen MR) is 201 cm³/mol. The lowest BCUT2D eigenvalue weighted by atomic mass is 9.92. The van der Waals surface area contributed by atoms with E-state index in [4.69, 9.17) is 14.2 Å². The van der Waals surface area contributed by atoms with Crippen LogP contribution in [0.4, 0.5) is 13.6 Å². The fourth-order valence-electron chi connectivity index (χ4n) is 6.79. The van der Waals surface area contributed by atoms with Crippen LogP contribution in [0.25, 0.3) is 0 Å². The molecule has 8 heteroatoms. The lowest BCUT2D eigenvalue weighted by Gasteiger charge is -2.45. The zero-order chi connectivity index (χ0) is 37.1. The summed E-state index contributed by atoms with van der Waals surface area (Å²) in [5, 5.41) is 0. The second-order valence-corrected chi connectivity index (χ2v) is 15.3. The number of morpholine rings is 1. The van der Waals surface area contributed by atoms with E-state index in [2.05, 4.69) is 43.0 Å². The summed E-state index contributed by atoms with van der Waals surface area (Å²) in [4.78, 5) is 18.1. The maximum atomic E-state index is 15.1. The Labute approximate surface area is 308 Å². The third-order valence-electron chi connectivity index (χ3n) is 9.33. The van der Waals surface area contributed by atoms with Crippen LogP contribution in [0.15, 0.2) is 109 Å². The van der Waals surface area contributed by atoms with E-state index in [0.29, 0.717) is 44.1 Å². The summed E-state index contributed by atoms with van der Waals surface area (Å²) >= 11 is 0. The monoisotopic (exact) mass is 712 g/mol. The molecule has 4 aromatic carbocycles. The molecule has 1 heterocycles. The Bertz CT molecular complexity index is 1600. The van der Waals surface area contributed by atoms with E-state index in [1.54, 1.807) is 0 Å². The van der Waals surface area contributed by atoms with Crippen LogP contribution in [-0.4, -0.2) is 52.8 Å². The third kappa shape index (κ3) is 12.0. The Hall–Kier alpha value is -4.11. The van der Waals surface area contributed by atoms with Crippen LogP contribution in [0.3, 0.4) is 0 Å². The normalized spacial score (nSPS) is 17.7. The van der Waals surface area contributed by atoms with Crippen LogP contribution in [0.2, 0.25) is 0 Å². The molecule has 0 aliphatic carbocycles. The Morgan fingerprint density at radius 3 is 1.90 bits per heavy atom. The van der Waals surface area contributed by atoms with Crippen molar-refractivity contribution in [2.45, 2.75) is 103 Å². The topological polar surface area (TPSA) is 51.2 Å². The number of hydrogen-bond acceptors (Lipinski definition) is 5. The largest absolute Gasteiger partial charge is 0.444 e. The van der Waals surface area contributed by atoms with Crippen LogP contribution in [0.5, 0.6) is 0 Å². The fraction of sp³-hybridized carbons (Fsp3) is 0.432. The molecule has 6 nitrogen and oxygen atoms in total. The number of hydrogen-bond donors (Lipinski definition) is 0. The number of nitrogens with zero attached hydrogens (tertiary/aromatic N) is 2. The van der Waals surface area contributed by atoms with Gasteiger partial charge in [-0.3, -0.25) is 4.90 Å². The van der Waals surface area contributed by atoms with Gasteiger partial charge in [-0.25, -0.2) is 13.6 Å². The number of benzene rings is 4. The van der Waals surface area contributed by atoms with Crippen molar-refractivity contribution in [3.8, 4) is 0 Å². The first kappa shape index (κ1) is 39.1. The van der Waals surface area contributed by atoms with Gasteiger partial charge in [-0.2, -0.15) is 0 Å². The first-order valence-corrected chi connectivity index (χ1v) is 18.5. The quantitative estimate of drug-likeness (QED) is 0.123. The van der Waals surface area contributed by atoms with E-state index in [0.717, 1.165) is 35.6 Å². The van der Waals surface area contributed by atoms with E-state index in [1.165, 1.54) is 12.1 Å². The molecule has 1 fully saturated rings. The summed E-state index contributed by atoms with van der Waals surface area (Å²) < 4.78 is 49.4. The molecule has 0 N–H and O–H groups in total. The second kappa shape index (κ2) is 18.6. The van der Waals surface area contributed by atoms with E-state index in [-0.39, 0.29) is 12.7 Å². The minimum Gasteiger partial charge on any atom is -0.444 e. The van der Waals surface area contributed by atoms with Gasteiger partial charge >= 0.3 is 6.09 Å². The molecule has 278 valence electrons. The third-order valence-corrected chi connectivity index (χ3v) is 9.33. The molecule has 0 aromatic heterocycles. The molecular weight excluding hydrogens is 658 g/mol. The van der Waals surface area contributed by atoms with Crippen LogP contribution < -0.4 is 0 Å². The van der Waals surface area contributed by atoms with Crippen LogP contribution in [0, 0.1) is 17.6 Å². The number of halogens is 2. The van der Waals surface area contributed by atoms with Gasteiger partial charge in [-0.05, 0) is 80.3 Å².